The van der Waals surface area contributed by atoms with E-state index < -0.39 is 5.97 Å². The van der Waals surface area contributed by atoms with Crippen LogP contribution in [0.1, 0.15) is 10.4 Å². The Bertz CT molecular complexity index is 1360. The van der Waals surface area contributed by atoms with Crippen molar-refractivity contribution < 1.29 is 15.0 Å². The molecule has 0 aliphatic heterocycles. The highest BCUT2D eigenvalue weighted by Gasteiger charge is 2.11. The molecule has 0 saturated heterocycles. The van der Waals surface area contributed by atoms with Gasteiger partial charge in [0.15, 0.2) is 0 Å². The van der Waals surface area contributed by atoms with Crippen molar-refractivity contribution in [1.29, 1.82) is 0 Å². The topological polar surface area (TPSA) is 57.5 Å². The average Bonchev–Trinajstić information content (AvgIpc) is 2.78. The average molecular weight is 390 g/mol. The highest BCUT2D eigenvalue weighted by molar-refractivity contribution is 6.32. The Morgan fingerprint density at radius 3 is 1.27 bits per heavy atom. The zero-order valence-electron chi connectivity index (χ0n) is 16.0. The van der Waals surface area contributed by atoms with Gasteiger partial charge in [-0.1, -0.05) is 84.9 Å². The number of fused-ring (bicyclic) bond motifs is 2. The number of carboxylic acid groups (broad SMARTS) is 1. The lowest BCUT2D eigenvalue weighted by Gasteiger charge is -2.13. The maximum atomic E-state index is 10.3. The van der Waals surface area contributed by atoms with Gasteiger partial charge >= 0.3 is 5.97 Å². The number of aromatic hydroxyl groups is 1. The lowest BCUT2D eigenvalue weighted by atomic mass is 9.90. The van der Waals surface area contributed by atoms with E-state index in [9.17, 15) is 4.79 Å². The number of aromatic carboxylic acids is 1. The van der Waals surface area contributed by atoms with E-state index >= 15 is 0 Å². The van der Waals surface area contributed by atoms with Gasteiger partial charge in [0.25, 0.3) is 0 Å². The lowest BCUT2D eigenvalue weighted by Crippen LogP contribution is -1.95. The monoisotopic (exact) mass is 390 g/mol. The third-order valence-corrected chi connectivity index (χ3v) is 5.52. The molecule has 3 nitrogen and oxygen atoms in total. The zero-order valence-corrected chi connectivity index (χ0v) is 16.0. The van der Waals surface area contributed by atoms with E-state index in [0.717, 1.165) is 0 Å². The Morgan fingerprint density at radius 1 is 0.533 bits per heavy atom. The second-order valence-corrected chi connectivity index (χ2v) is 7.24. The first-order valence-corrected chi connectivity index (χ1v) is 9.70. The first kappa shape index (κ1) is 18.0. The van der Waals surface area contributed by atoms with Crippen molar-refractivity contribution >= 4 is 49.1 Å². The van der Waals surface area contributed by atoms with Gasteiger partial charge in [-0.3, -0.25) is 0 Å². The molecule has 6 rings (SSSR count). The minimum Gasteiger partial charge on any atom is -0.507 e. The van der Waals surface area contributed by atoms with Crippen LogP contribution in [0.4, 0.5) is 0 Å². The molecule has 0 heterocycles. The van der Waals surface area contributed by atoms with Gasteiger partial charge in [-0.15, -0.1) is 0 Å². The van der Waals surface area contributed by atoms with Crippen LogP contribution >= 0.6 is 0 Å². The summed E-state index contributed by atoms with van der Waals surface area (Å²) in [5, 5.41) is 28.2. The molecule has 0 aliphatic carbocycles. The fourth-order valence-electron chi connectivity index (χ4n) is 4.23. The van der Waals surface area contributed by atoms with Crippen LogP contribution < -0.4 is 0 Å². The Labute approximate surface area is 172 Å². The third kappa shape index (κ3) is 2.80. The Kier molecular flexibility index (Phi) is 4.22. The maximum absolute atomic E-state index is 10.3. The smallest absolute Gasteiger partial charge is 0.339 e. The number of benzene rings is 6. The minimum atomic E-state index is -1.11. The van der Waals surface area contributed by atoms with Crippen molar-refractivity contribution in [2.24, 2.45) is 0 Å². The first-order valence-electron chi connectivity index (χ1n) is 9.70. The molecule has 6 aromatic rings. The first-order chi connectivity index (χ1) is 14.6. The summed E-state index contributed by atoms with van der Waals surface area (Å²) in [5.41, 5.74) is -0.0671. The van der Waals surface area contributed by atoms with Gasteiger partial charge in [0, 0.05) is 0 Å². The summed E-state index contributed by atoms with van der Waals surface area (Å²) in [6, 6.07) is 32.3. The number of phenols is 1. The Balaban J connectivity index is 0.000000164. The van der Waals surface area contributed by atoms with Gasteiger partial charge in [-0.2, -0.15) is 0 Å². The van der Waals surface area contributed by atoms with Crippen molar-refractivity contribution in [1.82, 2.24) is 0 Å². The molecule has 0 atom stereocenters. The highest BCUT2D eigenvalue weighted by atomic mass is 16.4. The van der Waals surface area contributed by atoms with Crippen LogP contribution in [-0.4, -0.2) is 16.2 Å². The van der Waals surface area contributed by atoms with E-state index in [-0.39, 0.29) is 11.3 Å². The maximum Gasteiger partial charge on any atom is 0.339 e. The number of para-hydroxylation sites is 1. The Hall–Kier alpha value is -4.11. The predicted molar refractivity (Wildman–Crippen MR) is 123 cm³/mol. The summed E-state index contributed by atoms with van der Waals surface area (Å²) in [4.78, 5) is 10.3. The fraction of sp³-hybridized carbons (Fsp3) is 0. The second kappa shape index (κ2) is 7.05. The van der Waals surface area contributed by atoms with Crippen molar-refractivity contribution in [3.63, 3.8) is 0 Å². The molecule has 0 aromatic heterocycles. The van der Waals surface area contributed by atoms with E-state index in [2.05, 4.69) is 72.8 Å². The largest absolute Gasteiger partial charge is 0.507 e. The van der Waals surface area contributed by atoms with Gasteiger partial charge < -0.3 is 10.2 Å². The third-order valence-electron chi connectivity index (χ3n) is 5.52. The molecule has 0 bridgehead atoms. The van der Waals surface area contributed by atoms with Gasteiger partial charge in [-0.25, -0.2) is 4.79 Å². The summed E-state index contributed by atoms with van der Waals surface area (Å²) in [7, 11) is 0. The van der Waals surface area contributed by atoms with E-state index in [1.807, 2.05) is 0 Å². The molecule has 0 amide bonds. The zero-order chi connectivity index (χ0) is 20.7. The van der Waals surface area contributed by atoms with E-state index in [0.29, 0.717) is 0 Å². The highest BCUT2D eigenvalue weighted by Crippen LogP contribution is 2.39. The van der Waals surface area contributed by atoms with Crippen molar-refractivity contribution in [3.8, 4) is 5.75 Å². The van der Waals surface area contributed by atoms with Crippen LogP contribution in [0.3, 0.4) is 0 Å². The molecule has 144 valence electrons. The molecule has 0 radical (unpaired) electrons. The van der Waals surface area contributed by atoms with Crippen LogP contribution in [0, 0.1) is 0 Å². The number of carboxylic acids is 1. The summed E-state index contributed by atoms with van der Waals surface area (Å²) in [5.74, 6) is -1.31. The minimum absolute atomic E-state index is 0.0671. The number of hydrogen-bond acceptors (Lipinski definition) is 2. The van der Waals surface area contributed by atoms with Crippen LogP contribution in [-0.2, 0) is 0 Å². The lowest BCUT2D eigenvalue weighted by molar-refractivity contribution is 0.0693. The van der Waals surface area contributed by atoms with Gasteiger partial charge in [0.2, 0.25) is 0 Å². The molecule has 30 heavy (non-hydrogen) atoms. The number of hydrogen-bond donors (Lipinski definition) is 2. The molecular weight excluding hydrogens is 372 g/mol. The van der Waals surface area contributed by atoms with Gasteiger partial charge in [0.05, 0.1) is 0 Å². The van der Waals surface area contributed by atoms with Crippen molar-refractivity contribution in [3.05, 3.63) is 103 Å². The Morgan fingerprint density at radius 2 is 0.933 bits per heavy atom. The van der Waals surface area contributed by atoms with E-state index in [4.69, 9.17) is 10.2 Å². The molecule has 0 spiro atoms. The normalized spacial score (nSPS) is 11.1. The predicted octanol–water partition coefficient (Wildman–Crippen LogP) is 6.83. The van der Waals surface area contributed by atoms with E-state index in [1.54, 1.807) is 12.1 Å². The SMILES string of the molecule is O=C(O)c1ccccc1O.c1cc2cccc3c4cccc5cccc(c(c1)c23)c54. The molecule has 0 saturated carbocycles. The van der Waals surface area contributed by atoms with Crippen LogP contribution in [0.2, 0.25) is 0 Å². The van der Waals surface area contributed by atoms with Gasteiger partial charge in [0.1, 0.15) is 11.3 Å². The molecule has 0 unspecified atom stereocenters. The number of rotatable bonds is 1. The van der Waals surface area contributed by atoms with Crippen LogP contribution in [0.15, 0.2) is 97.1 Å². The molecular formula is C27H18O3. The fourth-order valence-corrected chi connectivity index (χ4v) is 4.23. The summed E-state index contributed by atoms with van der Waals surface area (Å²) < 4.78 is 0. The molecule has 0 aliphatic rings. The van der Waals surface area contributed by atoms with Gasteiger partial charge in [-0.05, 0) is 55.2 Å². The quantitative estimate of drug-likeness (QED) is 0.239. The summed E-state index contributed by atoms with van der Waals surface area (Å²) in [6.45, 7) is 0. The van der Waals surface area contributed by atoms with Crippen molar-refractivity contribution in [2.75, 3.05) is 0 Å². The van der Waals surface area contributed by atoms with E-state index in [1.165, 1.54) is 55.2 Å². The van der Waals surface area contributed by atoms with Crippen molar-refractivity contribution in [2.45, 2.75) is 0 Å². The van der Waals surface area contributed by atoms with Crippen LogP contribution in [0.5, 0.6) is 5.75 Å². The van der Waals surface area contributed by atoms with Crippen LogP contribution in [0.25, 0.3) is 43.1 Å². The number of carbonyl (C=O) groups is 1. The molecule has 6 aromatic carbocycles. The summed E-state index contributed by atoms with van der Waals surface area (Å²) >= 11 is 0. The standard InChI is InChI=1S/C20H12.C7H6O3/c1-5-13-6-2-11-17-18-12-4-8-14-7-3-10-16(20(14)18)15(9-1)19(13)17;8-6-4-2-1-3-5(6)7(9)10/h1-12H;1-4,8H,(H,9,10). The summed E-state index contributed by atoms with van der Waals surface area (Å²) in [6.07, 6.45) is 0. The molecule has 2 N–H and O–H groups in total. The second-order valence-electron chi connectivity index (χ2n) is 7.24. The molecule has 3 heteroatoms. The molecule has 0 fully saturated rings.